The fourth-order valence-electron chi connectivity index (χ4n) is 3.11. The number of hydrogen-bond acceptors (Lipinski definition) is 5. The van der Waals surface area contributed by atoms with E-state index in [1.807, 2.05) is 6.92 Å². The van der Waals surface area contributed by atoms with Gasteiger partial charge in [-0.25, -0.2) is 4.98 Å². The Hall–Kier alpha value is -3.16. The molecule has 8 nitrogen and oxygen atoms in total. The highest BCUT2D eigenvalue weighted by atomic mass is 16.4. The summed E-state index contributed by atoms with van der Waals surface area (Å²) >= 11 is 0. The van der Waals surface area contributed by atoms with E-state index in [1.54, 1.807) is 29.2 Å². The molecule has 0 spiro atoms. The zero-order valence-corrected chi connectivity index (χ0v) is 15.0. The van der Waals surface area contributed by atoms with Gasteiger partial charge in [0.25, 0.3) is 11.8 Å². The summed E-state index contributed by atoms with van der Waals surface area (Å²) in [6.45, 7) is 2.73. The van der Waals surface area contributed by atoms with Crippen molar-refractivity contribution in [3.05, 3.63) is 47.7 Å². The van der Waals surface area contributed by atoms with E-state index in [9.17, 15) is 14.4 Å². The number of carboxylic acid groups (broad SMARTS) is 1. The van der Waals surface area contributed by atoms with Crippen molar-refractivity contribution >= 4 is 23.5 Å². The van der Waals surface area contributed by atoms with Crippen LogP contribution in [-0.4, -0.2) is 45.9 Å². The Morgan fingerprint density at radius 1 is 1.22 bits per heavy atom. The van der Waals surface area contributed by atoms with Gasteiger partial charge in [0.2, 0.25) is 0 Å². The maximum absolute atomic E-state index is 12.5. The number of carbonyl (C=O) groups is 3. The number of likely N-dealkylation sites (tertiary alicyclic amines) is 1. The summed E-state index contributed by atoms with van der Waals surface area (Å²) in [5, 5.41) is 11.8. The van der Waals surface area contributed by atoms with Crippen molar-refractivity contribution in [3.8, 4) is 0 Å². The number of amides is 2. The van der Waals surface area contributed by atoms with E-state index in [0.29, 0.717) is 49.4 Å². The topological polar surface area (TPSA) is 113 Å². The number of oxazole rings is 1. The molecule has 142 valence electrons. The number of carboxylic acids is 1. The first-order chi connectivity index (χ1) is 13.0. The molecule has 1 aromatic carbocycles. The first-order valence-electron chi connectivity index (χ1n) is 8.85. The summed E-state index contributed by atoms with van der Waals surface area (Å²) < 4.78 is 5.15. The van der Waals surface area contributed by atoms with Gasteiger partial charge in [-0.1, -0.05) is 6.92 Å². The Kier molecular flexibility index (Phi) is 5.54. The van der Waals surface area contributed by atoms with Crippen LogP contribution in [0.2, 0.25) is 0 Å². The first-order valence-corrected chi connectivity index (χ1v) is 8.85. The van der Waals surface area contributed by atoms with Crippen molar-refractivity contribution in [2.24, 2.45) is 5.92 Å². The quantitative estimate of drug-likeness (QED) is 0.835. The van der Waals surface area contributed by atoms with Crippen molar-refractivity contribution in [1.29, 1.82) is 0 Å². The molecule has 1 aromatic heterocycles. The predicted molar refractivity (Wildman–Crippen MR) is 96.5 cm³/mol. The molecular formula is C19H21N3O5. The second kappa shape index (κ2) is 8.03. The number of piperidine rings is 1. The molecule has 0 radical (unpaired) electrons. The number of benzene rings is 1. The van der Waals surface area contributed by atoms with Crippen LogP contribution in [0.3, 0.4) is 0 Å². The van der Waals surface area contributed by atoms with E-state index in [2.05, 4.69) is 10.3 Å². The summed E-state index contributed by atoms with van der Waals surface area (Å²) in [6.07, 6.45) is 2.73. The number of rotatable bonds is 5. The third-order valence-electron chi connectivity index (χ3n) is 4.70. The van der Waals surface area contributed by atoms with Gasteiger partial charge in [-0.3, -0.25) is 14.4 Å². The average molecular weight is 371 g/mol. The van der Waals surface area contributed by atoms with Gasteiger partial charge in [-0.15, -0.1) is 0 Å². The molecule has 0 aliphatic carbocycles. The average Bonchev–Trinajstić information content (AvgIpc) is 3.17. The molecule has 2 amide bonds. The predicted octanol–water partition coefficient (Wildman–Crippen LogP) is 2.43. The van der Waals surface area contributed by atoms with Gasteiger partial charge < -0.3 is 19.7 Å². The molecule has 1 aliphatic rings. The SMILES string of the molecule is CCc1ocnc1C(=O)Nc1ccc(C(=O)N2CCC(C(=O)O)CC2)cc1. The van der Waals surface area contributed by atoms with Gasteiger partial charge in [0.15, 0.2) is 12.1 Å². The number of hydrogen-bond donors (Lipinski definition) is 2. The van der Waals surface area contributed by atoms with Gasteiger partial charge in [-0.2, -0.15) is 0 Å². The maximum atomic E-state index is 12.5. The molecule has 1 fully saturated rings. The highest BCUT2D eigenvalue weighted by Crippen LogP contribution is 2.20. The van der Waals surface area contributed by atoms with E-state index >= 15 is 0 Å². The van der Waals surface area contributed by atoms with E-state index in [4.69, 9.17) is 9.52 Å². The fourth-order valence-corrected chi connectivity index (χ4v) is 3.11. The molecule has 0 atom stereocenters. The van der Waals surface area contributed by atoms with Crippen LogP contribution in [0.15, 0.2) is 35.1 Å². The van der Waals surface area contributed by atoms with Crippen molar-refractivity contribution in [1.82, 2.24) is 9.88 Å². The molecule has 0 unspecified atom stereocenters. The largest absolute Gasteiger partial charge is 0.481 e. The summed E-state index contributed by atoms with van der Waals surface area (Å²) in [5.41, 5.74) is 1.29. The van der Waals surface area contributed by atoms with Crippen molar-refractivity contribution in [2.75, 3.05) is 18.4 Å². The minimum atomic E-state index is -0.805. The second-order valence-electron chi connectivity index (χ2n) is 6.41. The molecule has 2 heterocycles. The van der Waals surface area contributed by atoms with Crippen LogP contribution >= 0.6 is 0 Å². The van der Waals surface area contributed by atoms with Crippen LogP contribution in [0.25, 0.3) is 0 Å². The van der Waals surface area contributed by atoms with Crippen molar-refractivity contribution < 1.29 is 23.9 Å². The lowest BCUT2D eigenvalue weighted by Crippen LogP contribution is -2.40. The number of anilines is 1. The van der Waals surface area contributed by atoms with Crippen molar-refractivity contribution in [3.63, 3.8) is 0 Å². The third kappa shape index (κ3) is 4.16. The van der Waals surface area contributed by atoms with Gasteiger partial charge in [0.1, 0.15) is 5.76 Å². The molecule has 2 N–H and O–H groups in total. The standard InChI is InChI=1S/C19H21N3O5/c1-2-15-16(20-11-27-15)17(23)21-14-5-3-12(4-6-14)18(24)22-9-7-13(8-10-22)19(25)26/h3-6,11,13H,2,7-10H2,1H3,(H,21,23)(H,25,26). The fraction of sp³-hybridized carbons (Fsp3) is 0.368. The Morgan fingerprint density at radius 3 is 2.48 bits per heavy atom. The van der Waals surface area contributed by atoms with Crippen LogP contribution in [0.1, 0.15) is 46.4 Å². The Morgan fingerprint density at radius 2 is 1.89 bits per heavy atom. The zero-order chi connectivity index (χ0) is 19.4. The number of aryl methyl sites for hydroxylation is 1. The summed E-state index contributed by atoms with van der Waals surface area (Å²) in [4.78, 5) is 41.4. The lowest BCUT2D eigenvalue weighted by atomic mass is 9.96. The van der Waals surface area contributed by atoms with E-state index in [0.717, 1.165) is 0 Å². The highest BCUT2D eigenvalue weighted by Gasteiger charge is 2.27. The van der Waals surface area contributed by atoms with Crippen LogP contribution in [-0.2, 0) is 11.2 Å². The summed E-state index contributed by atoms with van der Waals surface area (Å²) in [6, 6.07) is 6.59. The lowest BCUT2D eigenvalue weighted by molar-refractivity contribution is -0.143. The zero-order valence-electron chi connectivity index (χ0n) is 15.0. The number of nitrogens with one attached hydrogen (secondary N) is 1. The second-order valence-corrected chi connectivity index (χ2v) is 6.41. The molecule has 8 heteroatoms. The smallest absolute Gasteiger partial charge is 0.306 e. The normalized spacial score (nSPS) is 14.8. The molecule has 27 heavy (non-hydrogen) atoms. The van der Waals surface area contributed by atoms with Crippen LogP contribution in [0, 0.1) is 5.92 Å². The highest BCUT2D eigenvalue weighted by molar-refractivity contribution is 6.03. The Bertz CT molecular complexity index is 835. The number of aromatic nitrogens is 1. The van der Waals surface area contributed by atoms with Gasteiger partial charge in [0, 0.05) is 30.8 Å². The Labute approximate surface area is 156 Å². The van der Waals surface area contributed by atoms with Crippen LogP contribution in [0.4, 0.5) is 5.69 Å². The van der Waals surface area contributed by atoms with E-state index in [1.165, 1.54) is 6.39 Å². The van der Waals surface area contributed by atoms with Crippen molar-refractivity contribution in [2.45, 2.75) is 26.2 Å². The number of aliphatic carboxylic acids is 1. The van der Waals surface area contributed by atoms with E-state index < -0.39 is 5.97 Å². The molecule has 1 aliphatic heterocycles. The lowest BCUT2D eigenvalue weighted by Gasteiger charge is -2.30. The molecule has 0 bridgehead atoms. The summed E-state index contributed by atoms with van der Waals surface area (Å²) in [5.74, 6) is -1.17. The number of nitrogens with zero attached hydrogens (tertiary/aromatic N) is 2. The van der Waals surface area contributed by atoms with E-state index in [-0.39, 0.29) is 23.4 Å². The number of carbonyl (C=O) groups excluding carboxylic acids is 2. The Balaban J connectivity index is 1.61. The minimum Gasteiger partial charge on any atom is -0.481 e. The van der Waals surface area contributed by atoms with Gasteiger partial charge in [-0.05, 0) is 37.1 Å². The van der Waals surface area contributed by atoms with Gasteiger partial charge in [0.05, 0.1) is 5.92 Å². The van der Waals surface area contributed by atoms with Gasteiger partial charge >= 0.3 is 5.97 Å². The molecular weight excluding hydrogens is 350 g/mol. The van der Waals surface area contributed by atoms with Crippen LogP contribution in [0.5, 0.6) is 0 Å². The molecule has 0 saturated carbocycles. The minimum absolute atomic E-state index is 0.138. The monoisotopic (exact) mass is 371 g/mol. The first kappa shape index (κ1) is 18.6. The third-order valence-corrected chi connectivity index (χ3v) is 4.70. The van der Waals surface area contributed by atoms with Crippen LogP contribution < -0.4 is 5.32 Å². The maximum Gasteiger partial charge on any atom is 0.306 e. The molecule has 3 rings (SSSR count). The molecule has 1 saturated heterocycles. The summed E-state index contributed by atoms with van der Waals surface area (Å²) in [7, 11) is 0. The molecule has 2 aromatic rings.